The van der Waals surface area contributed by atoms with E-state index in [9.17, 15) is 13.2 Å². The van der Waals surface area contributed by atoms with Gasteiger partial charge in [-0.15, -0.1) is 0 Å². The van der Waals surface area contributed by atoms with Crippen LogP contribution in [-0.2, 0) is 14.8 Å². The summed E-state index contributed by atoms with van der Waals surface area (Å²) in [5.41, 5.74) is -0.834. The highest BCUT2D eigenvalue weighted by Crippen LogP contribution is 2.70. The monoisotopic (exact) mass is 299 g/mol. The van der Waals surface area contributed by atoms with Crippen LogP contribution >= 0.6 is 0 Å². The first-order chi connectivity index (χ1) is 8.93. The Morgan fingerprint density at radius 1 is 1.25 bits per heavy atom. The molecule has 0 aromatic carbocycles. The SMILES string of the molecule is CC(C)(C)C(=O)N1[C@@H]2C[C@H]3CC[C@]2(CS1(=O)=O)C3(C)C. The zero-order valence-corrected chi connectivity index (χ0v) is 13.9. The lowest BCUT2D eigenvalue weighted by atomic mass is 9.69. The molecule has 0 aromatic heterocycles. The maximum absolute atomic E-state index is 12.7. The van der Waals surface area contributed by atoms with E-state index in [2.05, 4.69) is 13.8 Å². The second kappa shape index (κ2) is 3.60. The topological polar surface area (TPSA) is 54.5 Å². The van der Waals surface area contributed by atoms with Crippen LogP contribution in [-0.4, -0.2) is 30.4 Å². The van der Waals surface area contributed by atoms with Crippen molar-refractivity contribution in [2.75, 3.05) is 5.75 Å². The number of nitrogens with zero attached hydrogens (tertiary/aromatic N) is 1. The van der Waals surface area contributed by atoms with Gasteiger partial charge >= 0.3 is 0 Å². The average Bonchev–Trinajstić information content (AvgIpc) is 2.73. The van der Waals surface area contributed by atoms with Gasteiger partial charge in [-0.25, -0.2) is 12.7 Å². The molecule has 3 rings (SSSR count). The second-order valence-corrected chi connectivity index (χ2v) is 10.3. The van der Waals surface area contributed by atoms with Crippen LogP contribution in [0.25, 0.3) is 0 Å². The van der Waals surface area contributed by atoms with Gasteiger partial charge in [0.05, 0.1) is 11.8 Å². The van der Waals surface area contributed by atoms with Gasteiger partial charge in [-0.3, -0.25) is 4.79 Å². The summed E-state index contributed by atoms with van der Waals surface area (Å²) < 4.78 is 26.5. The molecule has 1 saturated heterocycles. The van der Waals surface area contributed by atoms with E-state index in [-0.39, 0.29) is 28.5 Å². The number of hydrogen-bond acceptors (Lipinski definition) is 3. The molecule has 1 spiro atoms. The highest BCUT2D eigenvalue weighted by atomic mass is 32.2. The Morgan fingerprint density at radius 3 is 2.35 bits per heavy atom. The lowest BCUT2D eigenvalue weighted by molar-refractivity contribution is -0.137. The molecule has 2 aliphatic carbocycles. The van der Waals surface area contributed by atoms with Gasteiger partial charge in [0.25, 0.3) is 0 Å². The summed E-state index contributed by atoms with van der Waals surface area (Å²) in [6, 6.07) is -0.104. The molecule has 3 fully saturated rings. The maximum Gasteiger partial charge on any atom is 0.241 e. The number of sulfonamides is 1. The van der Waals surface area contributed by atoms with E-state index in [1.54, 1.807) is 20.8 Å². The van der Waals surface area contributed by atoms with Crippen LogP contribution in [0.5, 0.6) is 0 Å². The fourth-order valence-electron chi connectivity index (χ4n) is 4.89. The van der Waals surface area contributed by atoms with E-state index in [1.165, 1.54) is 4.31 Å². The molecule has 20 heavy (non-hydrogen) atoms. The molecule has 0 unspecified atom stereocenters. The molecule has 1 amide bonds. The molecule has 3 aliphatic rings. The van der Waals surface area contributed by atoms with Crippen molar-refractivity contribution in [3.05, 3.63) is 0 Å². The van der Waals surface area contributed by atoms with Gasteiger partial charge in [0, 0.05) is 10.8 Å². The quantitative estimate of drug-likeness (QED) is 0.690. The van der Waals surface area contributed by atoms with Crippen LogP contribution in [0.2, 0.25) is 0 Å². The maximum atomic E-state index is 12.7. The number of carbonyl (C=O) groups excluding carboxylic acids is 1. The Balaban J connectivity index is 2.10. The summed E-state index contributed by atoms with van der Waals surface area (Å²) in [5.74, 6) is 0.483. The minimum atomic E-state index is -3.46. The van der Waals surface area contributed by atoms with Crippen LogP contribution in [0.3, 0.4) is 0 Å². The minimum absolute atomic E-state index is 0.0254. The average molecular weight is 299 g/mol. The smallest absolute Gasteiger partial charge is 0.241 e. The molecule has 0 aromatic rings. The van der Waals surface area contributed by atoms with Crippen molar-refractivity contribution in [2.45, 2.75) is 59.9 Å². The molecule has 114 valence electrons. The number of hydrogen-bond donors (Lipinski definition) is 0. The first kappa shape index (κ1) is 14.4. The number of carbonyl (C=O) groups is 1. The van der Waals surface area contributed by atoms with Crippen molar-refractivity contribution in [2.24, 2.45) is 22.2 Å². The third-order valence-corrected chi connectivity index (χ3v) is 8.15. The van der Waals surface area contributed by atoms with E-state index in [0.717, 1.165) is 19.3 Å². The third kappa shape index (κ3) is 1.48. The van der Waals surface area contributed by atoms with E-state index < -0.39 is 15.4 Å². The van der Waals surface area contributed by atoms with Gasteiger partial charge in [-0.05, 0) is 30.6 Å². The van der Waals surface area contributed by atoms with Crippen LogP contribution in [0.15, 0.2) is 0 Å². The van der Waals surface area contributed by atoms with Crippen molar-refractivity contribution in [3.8, 4) is 0 Å². The van der Waals surface area contributed by atoms with Gasteiger partial charge in [-0.1, -0.05) is 34.6 Å². The van der Waals surface area contributed by atoms with E-state index >= 15 is 0 Å². The fourth-order valence-corrected chi connectivity index (χ4v) is 7.59. The van der Waals surface area contributed by atoms with Crippen molar-refractivity contribution in [1.82, 2.24) is 4.31 Å². The molecular weight excluding hydrogens is 274 g/mol. The number of fused-ring (bicyclic) bond motifs is 1. The van der Waals surface area contributed by atoms with E-state index in [0.29, 0.717) is 5.92 Å². The molecule has 3 atom stereocenters. The Hall–Kier alpha value is -0.580. The second-order valence-electron chi connectivity index (χ2n) is 8.47. The fraction of sp³-hybridized carbons (Fsp3) is 0.933. The molecule has 1 aliphatic heterocycles. The normalized spacial score (nSPS) is 41.0. The Kier molecular flexibility index (Phi) is 2.58. The highest BCUT2D eigenvalue weighted by Gasteiger charge is 2.72. The molecule has 2 saturated carbocycles. The summed E-state index contributed by atoms with van der Waals surface area (Å²) in [6.45, 7) is 9.80. The van der Waals surface area contributed by atoms with Crippen LogP contribution in [0, 0.1) is 22.2 Å². The molecule has 0 N–H and O–H groups in total. The highest BCUT2D eigenvalue weighted by molar-refractivity contribution is 7.90. The summed E-state index contributed by atoms with van der Waals surface area (Å²) in [6.07, 6.45) is 2.91. The van der Waals surface area contributed by atoms with Gasteiger partial charge in [0.2, 0.25) is 15.9 Å². The molecule has 2 bridgehead atoms. The number of rotatable bonds is 0. The predicted molar refractivity (Wildman–Crippen MR) is 77.4 cm³/mol. The van der Waals surface area contributed by atoms with E-state index in [4.69, 9.17) is 0 Å². The number of amides is 1. The lowest BCUT2D eigenvalue weighted by Gasteiger charge is -2.38. The Labute approximate surface area is 122 Å². The Bertz CT molecular complexity index is 572. The molecule has 4 nitrogen and oxygen atoms in total. The van der Waals surface area contributed by atoms with Crippen LogP contribution < -0.4 is 0 Å². The summed E-state index contributed by atoms with van der Waals surface area (Å²) in [5, 5.41) is 0. The zero-order valence-electron chi connectivity index (χ0n) is 13.1. The first-order valence-corrected chi connectivity index (χ1v) is 9.11. The minimum Gasteiger partial charge on any atom is -0.273 e. The van der Waals surface area contributed by atoms with Crippen LogP contribution in [0.4, 0.5) is 0 Å². The standard InChI is InChI=1S/C15H25NO3S/c1-13(2,3)12(17)16-11-8-10-6-7-15(11,14(10,4)5)9-20(16,18)19/h10-11H,6-9H2,1-5H3/t10-,11-,15-/m1/s1. The molecular formula is C15H25NO3S. The predicted octanol–water partition coefficient (Wildman–Crippen LogP) is 2.40. The van der Waals surface area contributed by atoms with Crippen molar-refractivity contribution in [3.63, 3.8) is 0 Å². The van der Waals surface area contributed by atoms with Gasteiger partial charge < -0.3 is 0 Å². The van der Waals surface area contributed by atoms with E-state index in [1.807, 2.05) is 0 Å². The van der Waals surface area contributed by atoms with Gasteiger partial charge in [-0.2, -0.15) is 0 Å². The van der Waals surface area contributed by atoms with Gasteiger partial charge in [0.15, 0.2) is 0 Å². The first-order valence-electron chi connectivity index (χ1n) is 7.50. The largest absolute Gasteiger partial charge is 0.273 e. The zero-order chi connectivity index (χ0) is 15.1. The van der Waals surface area contributed by atoms with Crippen molar-refractivity contribution in [1.29, 1.82) is 0 Å². The summed E-state index contributed by atoms with van der Waals surface area (Å²) >= 11 is 0. The Morgan fingerprint density at radius 2 is 1.85 bits per heavy atom. The summed E-state index contributed by atoms with van der Waals surface area (Å²) in [7, 11) is -3.46. The molecule has 5 heteroatoms. The van der Waals surface area contributed by atoms with Gasteiger partial charge in [0.1, 0.15) is 0 Å². The molecule has 1 heterocycles. The van der Waals surface area contributed by atoms with Crippen molar-refractivity contribution >= 4 is 15.9 Å². The van der Waals surface area contributed by atoms with Crippen molar-refractivity contribution < 1.29 is 13.2 Å². The molecule has 0 radical (unpaired) electrons. The summed E-state index contributed by atoms with van der Waals surface area (Å²) in [4.78, 5) is 12.7. The lowest BCUT2D eigenvalue weighted by Crippen LogP contribution is -2.47. The third-order valence-electron chi connectivity index (χ3n) is 6.25. The van der Waals surface area contributed by atoms with Crippen LogP contribution in [0.1, 0.15) is 53.9 Å².